The van der Waals surface area contributed by atoms with E-state index in [1.54, 1.807) is 6.20 Å². The summed E-state index contributed by atoms with van der Waals surface area (Å²) in [6, 6.07) is 16.1. The Hall–Kier alpha value is -3.02. The van der Waals surface area contributed by atoms with Crippen LogP contribution in [-0.4, -0.2) is 23.1 Å². The van der Waals surface area contributed by atoms with Gasteiger partial charge in [0.2, 0.25) is 5.95 Å². The van der Waals surface area contributed by atoms with E-state index in [2.05, 4.69) is 44.5 Å². The monoisotopic (exact) mass is 380 g/mol. The predicted octanol–water partition coefficient (Wildman–Crippen LogP) is 4.96. The van der Waals surface area contributed by atoms with E-state index >= 15 is 0 Å². The van der Waals surface area contributed by atoms with E-state index in [0.29, 0.717) is 5.92 Å². The van der Waals surface area contributed by atoms with E-state index in [-0.39, 0.29) is 11.6 Å². The first-order chi connectivity index (χ1) is 13.7. The summed E-state index contributed by atoms with van der Waals surface area (Å²) < 4.78 is 27.7. The second-order valence-corrected chi connectivity index (χ2v) is 7.08. The molecule has 2 aromatic carbocycles. The molecule has 0 spiro atoms. The summed E-state index contributed by atoms with van der Waals surface area (Å²) in [6.45, 7) is 1.81. The van der Waals surface area contributed by atoms with Gasteiger partial charge in [-0.1, -0.05) is 36.4 Å². The average molecular weight is 380 g/mol. The molecule has 0 unspecified atom stereocenters. The van der Waals surface area contributed by atoms with Crippen LogP contribution in [0.5, 0.6) is 0 Å². The minimum Gasteiger partial charge on any atom is -0.356 e. The Bertz CT molecular complexity index is 905. The topological polar surface area (TPSA) is 41.1 Å². The van der Waals surface area contributed by atoms with Crippen LogP contribution in [0, 0.1) is 17.6 Å². The molecule has 144 valence electrons. The third kappa shape index (κ3) is 4.27. The fourth-order valence-corrected chi connectivity index (χ4v) is 3.63. The summed E-state index contributed by atoms with van der Waals surface area (Å²) in [6.07, 6.45) is 4.88. The number of hydrogen-bond acceptors (Lipinski definition) is 4. The van der Waals surface area contributed by atoms with E-state index in [1.807, 2.05) is 12.1 Å². The normalized spacial score (nSPS) is 14.9. The molecule has 4 rings (SSSR count). The third-order valence-corrected chi connectivity index (χ3v) is 5.15. The van der Waals surface area contributed by atoms with Gasteiger partial charge >= 0.3 is 0 Å². The first kappa shape index (κ1) is 18.3. The number of halogens is 2. The Morgan fingerprint density at radius 3 is 2.36 bits per heavy atom. The number of anilines is 3. The van der Waals surface area contributed by atoms with Gasteiger partial charge in [0.25, 0.3) is 0 Å². The quantitative estimate of drug-likeness (QED) is 0.679. The summed E-state index contributed by atoms with van der Waals surface area (Å²) in [5.41, 5.74) is 1.14. The van der Waals surface area contributed by atoms with E-state index in [4.69, 9.17) is 0 Å². The number of para-hydroxylation sites is 1. The molecule has 2 heterocycles. The van der Waals surface area contributed by atoms with Crippen molar-refractivity contribution >= 4 is 17.5 Å². The van der Waals surface area contributed by atoms with Crippen molar-refractivity contribution in [2.75, 3.05) is 23.3 Å². The number of benzene rings is 2. The van der Waals surface area contributed by atoms with Gasteiger partial charge in [-0.05, 0) is 48.9 Å². The molecule has 3 aromatic rings. The van der Waals surface area contributed by atoms with Crippen molar-refractivity contribution in [2.24, 2.45) is 5.92 Å². The minimum absolute atomic E-state index is 0.188. The van der Waals surface area contributed by atoms with Crippen LogP contribution in [0.2, 0.25) is 0 Å². The van der Waals surface area contributed by atoms with Gasteiger partial charge in [0.15, 0.2) is 0 Å². The number of hydrogen-bond donors (Lipinski definition) is 1. The minimum atomic E-state index is -0.671. The average Bonchev–Trinajstić information content (AvgIpc) is 2.72. The van der Waals surface area contributed by atoms with Gasteiger partial charge in [-0.2, -0.15) is 4.98 Å². The Morgan fingerprint density at radius 2 is 1.64 bits per heavy atom. The summed E-state index contributed by atoms with van der Waals surface area (Å²) in [7, 11) is 0. The molecule has 1 aliphatic heterocycles. The molecule has 1 N–H and O–H groups in total. The van der Waals surface area contributed by atoms with E-state index in [9.17, 15) is 8.78 Å². The molecule has 1 fully saturated rings. The number of piperidine rings is 1. The van der Waals surface area contributed by atoms with Crippen molar-refractivity contribution in [3.8, 4) is 0 Å². The second kappa shape index (κ2) is 8.33. The van der Waals surface area contributed by atoms with Gasteiger partial charge in [-0.3, -0.25) is 0 Å². The molecule has 0 saturated carbocycles. The summed E-state index contributed by atoms with van der Waals surface area (Å²) in [4.78, 5) is 10.8. The molecule has 1 saturated heterocycles. The molecule has 0 amide bonds. The molecule has 1 aliphatic rings. The molecular formula is C22H22F2N4. The van der Waals surface area contributed by atoms with Crippen LogP contribution in [0.15, 0.2) is 60.8 Å². The molecule has 1 aromatic heterocycles. The van der Waals surface area contributed by atoms with Gasteiger partial charge in [0, 0.05) is 19.3 Å². The van der Waals surface area contributed by atoms with Crippen LogP contribution in [0.1, 0.15) is 18.4 Å². The Kier molecular flexibility index (Phi) is 5.46. The molecule has 0 aliphatic carbocycles. The lowest BCUT2D eigenvalue weighted by molar-refractivity contribution is 0.402. The summed E-state index contributed by atoms with van der Waals surface area (Å²) >= 11 is 0. The standard InChI is InChI=1S/C22H22F2N4/c23-18-7-4-8-19(24)21(18)27-22-25-12-9-20(26-22)28-13-10-17(11-14-28)15-16-5-2-1-3-6-16/h1-9,12,17H,10-11,13-15H2,(H,25,26,27). The van der Waals surface area contributed by atoms with Crippen molar-refractivity contribution < 1.29 is 8.78 Å². The number of rotatable bonds is 5. The van der Waals surface area contributed by atoms with E-state index in [0.717, 1.165) is 38.2 Å². The molecule has 6 heteroatoms. The van der Waals surface area contributed by atoms with Crippen LogP contribution in [0.4, 0.5) is 26.2 Å². The largest absolute Gasteiger partial charge is 0.356 e. The van der Waals surface area contributed by atoms with Gasteiger partial charge in [-0.25, -0.2) is 13.8 Å². The maximum atomic E-state index is 13.8. The summed E-state index contributed by atoms with van der Waals surface area (Å²) in [5, 5.41) is 2.66. The lowest BCUT2D eigenvalue weighted by Crippen LogP contribution is -2.35. The van der Waals surface area contributed by atoms with Gasteiger partial charge in [0.1, 0.15) is 23.1 Å². The highest BCUT2D eigenvalue weighted by molar-refractivity contribution is 5.56. The zero-order valence-corrected chi connectivity index (χ0v) is 15.5. The first-order valence-electron chi connectivity index (χ1n) is 9.52. The van der Waals surface area contributed by atoms with Crippen molar-refractivity contribution in [1.82, 2.24) is 9.97 Å². The Morgan fingerprint density at radius 1 is 0.929 bits per heavy atom. The Balaban J connectivity index is 1.40. The van der Waals surface area contributed by atoms with Gasteiger partial charge < -0.3 is 10.2 Å². The third-order valence-electron chi connectivity index (χ3n) is 5.15. The zero-order valence-electron chi connectivity index (χ0n) is 15.5. The number of nitrogens with one attached hydrogen (secondary N) is 1. The molecule has 0 radical (unpaired) electrons. The fourth-order valence-electron chi connectivity index (χ4n) is 3.63. The summed E-state index contributed by atoms with van der Waals surface area (Å²) in [5.74, 6) is 0.275. The highest BCUT2D eigenvalue weighted by Gasteiger charge is 2.21. The van der Waals surface area contributed by atoms with Crippen molar-refractivity contribution in [3.63, 3.8) is 0 Å². The molecule has 28 heavy (non-hydrogen) atoms. The highest BCUT2D eigenvalue weighted by Crippen LogP contribution is 2.26. The molecule has 4 nitrogen and oxygen atoms in total. The maximum Gasteiger partial charge on any atom is 0.229 e. The van der Waals surface area contributed by atoms with Crippen molar-refractivity contribution in [3.05, 3.63) is 78.0 Å². The second-order valence-electron chi connectivity index (χ2n) is 7.08. The molecule has 0 bridgehead atoms. The van der Waals surface area contributed by atoms with Gasteiger partial charge in [-0.15, -0.1) is 0 Å². The molecular weight excluding hydrogens is 358 g/mol. The van der Waals surface area contributed by atoms with Crippen LogP contribution in [0.25, 0.3) is 0 Å². The van der Waals surface area contributed by atoms with E-state index in [1.165, 1.54) is 23.8 Å². The lowest BCUT2D eigenvalue weighted by atomic mass is 9.90. The first-order valence-corrected chi connectivity index (χ1v) is 9.52. The molecule has 0 atom stereocenters. The van der Waals surface area contributed by atoms with Crippen molar-refractivity contribution in [1.29, 1.82) is 0 Å². The number of nitrogens with zero attached hydrogens (tertiary/aromatic N) is 3. The predicted molar refractivity (Wildman–Crippen MR) is 107 cm³/mol. The number of aromatic nitrogens is 2. The maximum absolute atomic E-state index is 13.8. The van der Waals surface area contributed by atoms with Crippen LogP contribution in [-0.2, 0) is 6.42 Å². The smallest absolute Gasteiger partial charge is 0.229 e. The van der Waals surface area contributed by atoms with Crippen LogP contribution in [0.3, 0.4) is 0 Å². The van der Waals surface area contributed by atoms with Gasteiger partial charge in [0.05, 0.1) is 0 Å². The zero-order chi connectivity index (χ0) is 19.3. The van der Waals surface area contributed by atoms with Crippen LogP contribution < -0.4 is 10.2 Å². The highest BCUT2D eigenvalue weighted by atomic mass is 19.1. The van der Waals surface area contributed by atoms with Crippen molar-refractivity contribution in [2.45, 2.75) is 19.3 Å². The lowest BCUT2D eigenvalue weighted by Gasteiger charge is -2.33. The SMILES string of the molecule is Fc1cccc(F)c1Nc1nccc(N2CCC(Cc3ccccc3)CC2)n1. The Labute approximate surface area is 163 Å². The van der Waals surface area contributed by atoms with E-state index < -0.39 is 11.6 Å². The fraction of sp³-hybridized carbons (Fsp3) is 0.273. The van der Waals surface area contributed by atoms with Crippen LogP contribution >= 0.6 is 0 Å².